The Morgan fingerprint density at radius 2 is 1.67 bits per heavy atom. The Kier molecular flexibility index (Phi) is 5.80. The molecule has 1 aliphatic carbocycles. The third kappa shape index (κ3) is 4.00. The quantitative estimate of drug-likeness (QED) is 0.250. The fraction of sp³-hybridized carbons (Fsp3) is 0.214. The van der Waals surface area contributed by atoms with Crippen LogP contribution in [0.2, 0.25) is 0 Å². The smallest absolute Gasteiger partial charge is 0.364 e. The van der Waals surface area contributed by atoms with Crippen LogP contribution < -0.4 is 14.8 Å². The van der Waals surface area contributed by atoms with E-state index >= 15 is 0 Å². The van der Waals surface area contributed by atoms with Gasteiger partial charge in [0, 0.05) is 61.3 Å². The third-order valence-corrected chi connectivity index (χ3v) is 6.32. The van der Waals surface area contributed by atoms with Gasteiger partial charge in [-0.05, 0) is 29.8 Å². The molecular weight excluding hydrogens is 458 g/mol. The number of hydrogen-bond donors (Lipinski definition) is 0. The van der Waals surface area contributed by atoms with Crippen LogP contribution in [0.5, 0.6) is 0 Å². The minimum Gasteiger partial charge on any atom is -0.456 e. The molecule has 0 aromatic heterocycles. The molecule has 1 saturated heterocycles. The highest BCUT2D eigenvalue weighted by Crippen LogP contribution is 2.42. The van der Waals surface area contributed by atoms with Crippen LogP contribution >= 0.6 is 0 Å². The summed E-state index contributed by atoms with van der Waals surface area (Å²) in [6.45, 7) is 0. The first-order valence-corrected chi connectivity index (χ1v) is 11.6. The average molecular weight is 485 g/mol. The Labute approximate surface area is 207 Å². The minimum absolute atomic E-state index is 0.0334. The van der Waals surface area contributed by atoms with Gasteiger partial charge in [-0.1, -0.05) is 18.2 Å². The van der Waals surface area contributed by atoms with E-state index in [-0.39, 0.29) is 18.4 Å². The molecule has 8 heteroatoms. The Bertz CT molecular complexity index is 1560. The lowest BCUT2D eigenvalue weighted by Gasteiger charge is -2.19. The number of nitrogens with zero attached hydrogens (tertiary/aromatic N) is 3. The van der Waals surface area contributed by atoms with Crippen molar-refractivity contribution in [3.05, 3.63) is 71.6 Å². The molecule has 8 nitrogen and oxygen atoms in total. The summed E-state index contributed by atoms with van der Waals surface area (Å²) >= 11 is 0. The molecule has 0 saturated carbocycles. The van der Waals surface area contributed by atoms with Crippen molar-refractivity contribution < 1.29 is 23.6 Å². The molecule has 3 aliphatic rings. The molecule has 2 aliphatic heterocycles. The lowest BCUT2D eigenvalue weighted by atomic mass is 9.90. The molecule has 0 unspecified atom stereocenters. The van der Waals surface area contributed by atoms with E-state index in [0.717, 1.165) is 27.6 Å². The normalized spacial score (nSPS) is 13.5. The molecule has 182 valence electrons. The maximum Gasteiger partial charge on any atom is 0.364 e. The van der Waals surface area contributed by atoms with E-state index in [1.807, 2.05) is 86.2 Å². The van der Waals surface area contributed by atoms with E-state index in [2.05, 4.69) is 0 Å². The summed E-state index contributed by atoms with van der Waals surface area (Å²) in [5.74, 6) is -1.15. The topological polar surface area (TPSA) is 83.1 Å². The number of anilines is 1. The third-order valence-electron chi connectivity index (χ3n) is 6.32. The molecule has 2 aromatic rings. The maximum absolute atomic E-state index is 13.2. The van der Waals surface area contributed by atoms with E-state index in [9.17, 15) is 14.4 Å². The highest BCUT2D eigenvalue weighted by Gasteiger charge is 2.34. The molecular formula is C28H26N3O5+. The van der Waals surface area contributed by atoms with Gasteiger partial charge in [-0.15, -0.1) is 5.06 Å². The largest absolute Gasteiger partial charge is 0.456 e. The van der Waals surface area contributed by atoms with Crippen LogP contribution in [-0.2, 0) is 14.4 Å². The SMILES string of the molecule is CN(C)c1ccc2c(-c3ccccc3C(=O)ON3C(=O)CCC3=O)c3ccc(=[N+](C)C)cc-3oc2c1. The number of imide groups is 1. The lowest BCUT2D eigenvalue weighted by Crippen LogP contribution is -2.32. The molecule has 0 bridgehead atoms. The van der Waals surface area contributed by atoms with Gasteiger partial charge in [0.05, 0.1) is 11.6 Å². The Morgan fingerprint density at radius 1 is 0.944 bits per heavy atom. The Balaban J connectivity index is 1.76. The average Bonchev–Trinajstić information content (AvgIpc) is 3.18. The predicted octanol–water partition coefficient (Wildman–Crippen LogP) is 3.52. The van der Waals surface area contributed by atoms with Crippen molar-refractivity contribution in [2.24, 2.45) is 0 Å². The van der Waals surface area contributed by atoms with Crippen LogP contribution in [0.3, 0.4) is 0 Å². The van der Waals surface area contributed by atoms with Crippen molar-refractivity contribution in [3.63, 3.8) is 0 Å². The molecule has 0 spiro atoms. The van der Waals surface area contributed by atoms with Crippen LogP contribution in [0.15, 0.2) is 65.1 Å². The van der Waals surface area contributed by atoms with Gasteiger partial charge in [-0.25, -0.2) is 9.37 Å². The van der Waals surface area contributed by atoms with Crippen molar-refractivity contribution in [2.75, 3.05) is 33.1 Å². The predicted molar refractivity (Wildman–Crippen MR) is 136 cm³/mol. The van der Waals surface area contributed by atoms with Gasteiger partial charge in [0.15, 0.2) is 0 Å². The summed E-state index contributed by atoms with van der Waals surface area (Å²) in [4.78, 5) is 44.6. The van der Waals surface area contributed by atoms with Crippen LogP contribution in [0, 0.1) is 0 Å². The first kappa shape index (κ1) is 23.3. The number of rotatable bonds is 4. The summed E-state index contributed by atoms with van der Waals surface area (Å²) in [5.41, 5.74) is 4.11. The fourth-order valence-electron chi connectivity index (χ4n) is 4.38. The molecule has 0 atom stereocenters. The van der Waals surface area contributed by atoms with Gasteiger partial charge in [-0.3, -0.25) is 9.59 Å². The van der Waals surface area contributed by atoms with Gasteiger partial charge in [0.2, 0.25) is 5.36 Å². The summed E-state index contributed by atoms with van der Waals surface area (Å²) in [7, 11) is 7.83. The molecule has 2 amide bonds. The van der Waals surface area contributed by atoms with Crippen LogP contribution in [0.1, 0.15) is 23.2 Å². The van der Waals surface area contributed by atoms with E-state index < -0.39 is 17.8 Å². The number of benzene rings is 3. The number of hydrogen-bond acceptors (Lipinski definition) is 6. The molecule has 5 rings (SSSR count). The standard InChI is InChI=1S/C28H26N3O5/c1-29(2)17-9-11-21-23(15-17)35-24-16-18(30(3)4)10-12-22(24)27(21)19-7-5-6-8-20(19)28(34)36-31-25(32)13-14-26(31)33/h5-12,15-16H,13-14H2,1-4H3/q+1. The number of hydroxylamine groups is 2. The zero-order chi connectivity index (χ0) is 25.6. The summed E-state index contributed by atoms with van der Waals surface area (Å²) in [5, 5.41) is 2.36. The molecule has 2 heterocycles. The Morgan fingerprint density at radius 3 is 2.36 bits per heavy atom. The van der Waals surface area contributed by atoms with E-state index in [4.69, 9.17) is 9.25 Å². The van der Waals surface area contributed by atoms with E-state index in [1.54, 1.807) is 12.1 Å². The second-order valence-corrected chi connectivity index (χ2v) is 9.13. The first-order chi connectivity index (χ1) is 17.2. The zero-order valence-electron chi connectivity index (χ0n) is 20.6. The van der Waals surface area contributed by atoms with Crippen LogP contribution in [0.4, 0.5) is 5.69 Å². The van der Waals surface area contributed by atoms with Gasteiger partial charge >= 0.3 is 5.97 Å². The maximum atomic E-state index is 13.2. The van der Waals surface area contributed by atoms with E-state index in [0.29, 0.717) is 22.0 Å². The number of amides is 2. The van der Waals surface area contributed by atoms with Crippen molar-refractivity contribution >= 4 is 34.4 Å². The molecule has 0 N–H and O–H groups in total. The second kappa shape index (κ2) is 8.96. The van der Waals surface area contributed by atoms with Crippen LogP contribution in [0.25, 0.3) is 33.4 Å². The Hall–Kier alpha value is -4.46. The van der Waals surface area contributed by atoms with Crippen molar-refractivity contribution in [1.29, 1.82) is 0 Å². The van der Waals surface area contributed by atoms with E-state index in [1.165, 1.54) is 0 Å². The highest BCUT2D eigenvalue weighted by atomic mass is 16.7. The monoisotopic (exact) mass is 484 g/mol. The number of carbonyl (C=O) groups excluding carboxylic acids is 3. The highest BCUT2D eigenvalue weighted by molar-refractivity contribution is 6.09. The molecule has 0 radical (unpaired) electrons. The second-order valence-electron chi connectivity index (χ2n) is 9.13. The van der Waals surface area contributed by atoms with Crippen LogP contribution in [-0.4, -0.2) is 51.0 Å². The summed E-state index contributed by atoms with van der Waals surface area (Å²) < 4.78 is 8.35. The van der Waals surface area contributed by atoms with Gasteiger partial charge in [-0.2, -0.15) is 0 Å². The molecule has 1 fully saturated rings. The summed E-state index contributed by atoms with van der Waals surface area (Å²) in [6, 6.07) is 18.9. The van der Waals surface area contributed by atoms with Gasteiger partial charge in [0.25, 0.3) is 11.8 Å². The fourth-order valence-corrected chi connectivity index (χ4v) is 4.38. The lowest BCUT2D eigenvalue weighted by molar-refractivity contribution is -0.172. The molecule has 36 heavy (non-hydrogen) atoms. The number of carbonyl (C=O) groups is 3. The van der Waals surface area contributed by atoms with Crippen molar-refractivity contribution in [1.82, 2.24) is 9.64 Å². The molecule has 2 aromatic carbocycles. The zero-order valence-corrected chi connectivity index (χ0v) is 20.6. The summed E-state index contributed by atoms with van der Waals surface area (Å²) in [6.07, 6.45) is 0.0667. The van der Waals surface area contributed by atoms with Gasteiger partial charge < -0.3 is 14.2 Å². The van der Waals surface area contributed by atoms with Gasteiger partial charge in [0.1, 0.15) is 25.4 Å². The minimum atomic E-state index is -0.772. The number of fused-ring (bicyclic) bond motifs is 2. The van der Waals surface area contributed by atoms with Crippen molar-refractivity contribution in [3.8, 4) is 22.5 Å². The first-order valence-electron chi connectivity index (χ1n) is 11.6. The van der Waals surface area contributed by atoms with Crippen molar-refractivity contribution in [2.45, 2.75) is 12.8 Å².